The van der Waals surface area contributed by atoms with Crippen molar-refractivity contribution in [1.29, 1.82) is 0 Å². The van der Waals surface area contributed by atoms with E-state index in [1.165, 1.54) is 12.1 Å². The summed E-state index contributed by atoms with van der Waals surface area (Å²) in [6.45, 7) is 0.776. The summed E-state index contributed by atoms with van der Waals surface area (Å²) in [6, 6.07) is 17.2. The number of hydrogen-bond donors (Lipinski definition) is 1. The number of aromatic nitrogens is 6. The lowest BCUT2D eigenvalue weighted by Crippen LogP contribution is -2.37. The fourth-order valence-electron chi connectivity index (χ4n) is 3.86. The fourth-order valence-corrected chi connectivity index (χ4v) is 3.86. The molecule has 0 unspecified atom stereocenters. The molecule has 0 amide bonds. The summed E-state index contributed by atoms with van der Waals surface area (Å²) in [5.41, 5.74) is 3.81. The molecule has 0 bridgehead atoms. The number of aromatic amines is 1. The van der Waals surface area contributed by atoms with Gasteiger partial charge in [0.1, 0.15) is 41.1 Å². The zero-order valence-corrected chi connectivity index (χ0v) is 19.3. The predicted molar refractivity (Wildman–Crippen MR) is 129 cm³/mol. The monoisotopic (exact) mass is 497 g/mol. The topological polar surface area (TPSA) is 93.6 Å². The normalized spacial score (nSPS) is 11.2. The van der Waals surface area contributed by atoms with Crippen molar-refractivity contribution in [1.82, 2.24) is 25.2 Å². The van der Waals surface area contributed by atoms with Crippen molar-refractivity contribution >= 4 is 11.0 Å². The number of fused-ring (bicyclic) bond motifs is 1. The van der Waals surface area contributed by atoms with E-state index >= 15 is 0 Å². The van der Waals surface area contributed by atoms with Crippen LogP contribution in [0.4, 0.5) is 8.78 Å². The highest BCUT2D eigenvalue weighted by Crippen LogP contribution is 2.25. The minimum atomic E-state index is -0.954. The lowest BCUT2D eigenvalue weighted by atomic mass is 10.1. The number of hydrogen-bond acceptors (Lipinski definition) is 6. The Labute approximate surface area is 209 Å². The van der Waals surface area contributed by atoms with Crippen LogP contribution in [0.15, 0.2) is 90.0 Å². The van der Waals surface area contributed by atoms with Crippen LogP contribution in [-0.2, 0) is 13.2 Å². The average Bonchev–Trinajstić information content (AvgIpc) is 3.57. The van der Waals surface area contributed by atoms with Crippen molar-refractivity contribution in [3.8, 4) is 28.4 Å². The standard InChI is InChI=1S/C27H18F2N6O2/c28-22-3-1-2-21(26(22)29)27-32-24-13-31-35(15-25(24)33-27)14-20-12-23(34-37-20)18-4-6-19(7-5-18)36-16-17-8-10-30-11-9-17/h1-13,15H,14,16H2/p+1. The lowest BCUT2D eigenvalue weighted by molar-refractivity contribution is -0.746. The van der Waals surface area contributed by atoms with E-state index in [-0.39, 0.29) is 11.4 Å². The minimum Gasteiger partial charge on any atom is -0.489 e. The molecule has 8 nitrogen and oxygen atoms in total. The molecule has 37 heavy (non-hydrogen) atoms. The molecule has 0 atom stereocenters. The molecule has 1 N–H and O–H groups in total. The third-order valence-electron chi connectivity index (χ3n) is 5.76. The van der Waals surface area contributed by atoms with Gasteiger partial charge in [0.2, 0.25) is 18.5 Å². The average molecular weight is 497 g/mol. The smallest absolute Gasteiger partial charge is 0.234 e. The molecule has 6 aromatic rings. The van der Waals surface area contributed by atoms with Gasteiger partial charge >= 0.3 is 0 Å². The molecule has 0 saturated heterocycles. The van der Waals surface area contributed by atoms with Gasteiger partial charge in [0.15, 0.2) is 11.6 Å². The van der Waals surface area contributed by atoms with Crippen LogP contribution in [0.2, 0.25) is 0 Å². The van der Waals surface area contributed by atoms with Gasteiger partial charge in [-0.05, 0) is 59.2 Å². The van der Waals surface area contributed by atoms with E-state index in [4.69, 9.17) is 9.26 Å². The van der Waals surface area contributed by atoms with Gasteiger partial charge in [-0.3, -0.25) is 4.98 Å². The Morgan fingerprint density at radius 1 is 1.00 bits per heavy atom. The van der Waals surface area contributed by atoms with Crippen LogP contribution in [0.25, 0.3) is 33.7 Å². The molecule has 0 fully saturated rings. The number of H-pyrrole nitrogens is 1. The third-order valence-corrected chi connectivity index (χ3v) is 5.76. The number of imidazole rings is 1. The number of ether oxygens (including phenoxy) is 1. The number of benzene rings is 2. The van der Waals surface area contributed by atoms with Crippen LogP contribution in [-0.4, -0.2) is 25.2 Å². The Bertz CT molecular complexity index is 1680. The molecule has 0 aliphatic carbocycles. The summed E-state index contributed by atoms with van der Waals surface area (Å²) in [7, 11) is 0. The molecule has 0 radical (unpaired) electrons. The second-order valence-electron chi connectivity index (χ2n) is 8.30. The summed E-state index contributed by atoms with van der Waals surface area (Å²) in [5, 5.41) is 8.52. The first-order valence-corrected chi connectivity index (χ1v) is 11.4. The number of nitrogens with zero attached hydrogens (tertiary/aromatic N) is 5. The van der Waals surface area contributed by atoms with E-state index < -0.39 is 11.6 Å². The van der Waals surface area contributed by atoms with Gasteiger partial charge < -0.3 is 14.2 Å². The molecule has 10 heteroatoms. The van der Waals surface area contributed by atoms with E-state index in [0.29, 0.717) is 35.6 Å². The van der Waals surface area contributed by atoms with Gasteiger partial charge in [-0.1, -0.05) is 15.9 Å². The van der Waals surface area contributed by atoms with Gasteiger partial charge in [-0.2, -0.15) is 0 Å². The van der Waals surface area contributed by atoms with Crippen LogP contribution in [0.3, 0.4) is 0 Å². The van der Waals surface area contributed by atoms with Gasteiger partial charge in [0.25, 0.3) is 0 Å². The highest BCUT2D eigenvalue weighted by molar-refractivity contribution is 5.77. The summed E-state index contributed by atoms with van der Waals surface area (Å²) < 4.78 is 40.8. The Balaban J connectivity index is 1.15. The molecular formula is C27H19F2N6O2+. The number of rotatable bonds is 7. The minimum absolute atomic E-state index is 0.0522. The first kappa shape index (κ1) is 22.5. The van der Waals surface area contributed by atoms with E-state index in [2.05, 4.69) is 25.2 Å². The summed E-state index contributed by atoms with van der Waals surface area (Å²) >= 11 is 0. The van der Waals surface area contributed by atoms with Crippen molar-refractivity contribution in [3.63, 3.8) is 0 Å². The van der Waals surface area contributed by atoms with Crippen molar-refractivity contribution in [2.24, 2.45) is 0 Å². The number of halogens is 2. The fraction of sp³-hybridized carbons (Fsp3) is 0.0741. The maximum Gasteiger partial charge on any atom is 0.234 e. The number of pyridine rings is 1. The van der Waals surface area contributed by atoms with E-state index in [0.717, 1.165) is 22.9 Å². The largest absolute Gasteiger partial charge is 0.489 e. The molecule has 2 aromatic carbocycles. The van der Waals surface area contributed by atoms with Crippen LogP contribution >= 0.6 is 0 Å². The van der Waals surface area contributed by atoms with Crippen LogP contribution in [0.5, 0.6) is 5.75 Å². The first-order chi connectivity index (χ1) is 18.1. The second kappa shape index (κ2) is 9.57. The molecule has 0 saturated carbocycles. The van der Waals surface area contributed by atoms with Crippen LogP contribution in [0.1, 0.15) is 11.3 Å². The maximum absolute atomic E-state index is 14.2. The summed E-state index contributed by atoms with van der Waals surface area (Å²) in [6.07, 6.45) is 6.74. The zero-order chi connectivity index (χ0) is 25.2. The van der Waals surface area contributed by atoms with E-state index in [9.17, 15) is 8.78 Å². The Kier molecular flexibility index (Phi) is 5.81. The Morgan fingerprint density at radius 2 is 1.84 bits per heavy atom. The van der Waals surface area contributed by atoms with E-state index in [1.54, 1.807) is 29.5 Å². The predicted octanol–water partition coefficient (Wildman–Crippen LogP) is 4.87. The Hall–Kier alpha value is -4.99. The lowest BCUT2D eigenvalue weighted by Gasteiger charge is -2.06. The number of nitrogens with one attached hydrogen (secondary N) is 1. The van der Waals surface area contributed by atoms with Crippen molar-refractivity contribution in [2.75, 3.05) is 0 Å². The summed E-state index contributed by atoms with van der Waals surface area (Å²) in [4.78, 5) is 11.4. The molecule has 6 rings (SSSR count). The van der Waals surface area contributed by atoms with Crippen molar-refractivity contribution in [2.45, 2.75) is 13.2 Å². The first-order valence-electron chi connectivity index (χ1n) is 11.4. The van der Waals surface area contributed by atoms with Gasteiger partial charge in [0, 0.05) is 24.0 Å². The van der Waals surface area contributed by atoms with Gasteiger partial charge in [-0.25, -0.2) is 13.8 Å². The second-order valence-corrected chi connectivity index (χ2v) is 8.30. The maximum atomic E-state index is 14.2. The molecule has 0 spiro atoms. The highest BCUT2D eigenvalue weighted by Gasteiger charge is 2.17. The van der Waals surface area contributed by atoms with Crippen LogP contribution in [0, 0.1) is 11.6 Å². The van der Waals surface area contributed by atoms with Crippen LogP contribution < -0.4 is 9.42 Å². The van der Waals surface area contributed by atoms with Crippen molar-refractivity contribution < 1.29 is 22.7 Å². The Morgan fingerprint density at radius 3 is 2.68 bits per heavy atom. The molecule has 0 aliphatic rings. The van der Waals surface area contributed by atoms with Gasteiger partial charge in [-0.15, -0.1) is 0 Å². The van der Waals surface area contributed by atoms with E-state index in [1.807, 2.05) is 42.5 Å². The zero-order valence-electron chi connectivity index (χ0n) is 19.3. The molecule has 182 valence electrons. The molecule has 4 aromatic heterocycles. The quantitative estimate of drug-likeness (QED) is 0.317. The third kappa shape index (κ3) is 4.76. The molecular weight excluding hydrogens is 478 g/mol. The highest BCUT2D eigenvalue weighted by atomic mass is 19.2. The molecule has 4 heterocycles. The SMILES string of the molecule is Fc1cccc(-c2nc3cn[n+](Cc4cc(-c5ccc(OCc6ccncc6)cc5)no4)cc3[nH]2)c1F. The summed E-state index contributed by atoms with van der Waals surface area (Å²) in [5.74, 6) is -0.318. The molecule has 0 aliphatic heterocycles. The van der Waals surface area contributed by atoms with Gasteiger partial charge in [0.05, 0.1) is 5.56 Å². The van der Waals surface area contributed by atoms with Crippen molar-refractivity contribution in [3.05, 3.63) is 108 Å².